The molecule has 0 spiro atoms. The summed E-state index contributed by atoms with van der Waals surface area (Å²) in [6, 6.07) is 7.56. The molecule has 0 radical (unpaired) electrons. The number of aromatic nitrogens is 1. The summed E-state index contributed by atoms with van der Waals surface area (Å²) in [5.74, 6) is 1.76. The van der Waals surface area contributed by atoms with Gasteiger partial charge in [-0.1, -0.05) is 19.9 Å². The number of H-pyrrole nitrogens is 1. The van der Waals surface area contributed by atoms with Crippen molar-refractivity contribution >= 4 is 21.8 Å². The number of fused-ring (bicyclic) bond motifs is 2. The second-order valence-corrected chi connectivity index (χ2v) is 5.98. The number of nitrogens with one attached hydrogen (secondary N) is 1. The molecule has 0 aliphatic heterocycles. The molecule has 1 N–H and O–H groups in total. The molecule has 5 heteroatoms. The number of hydrogen-bond acceptors (Lipinski definition) is 4. The van der Waals surface area contributed by atoms with E-state index in [0.717, 1.165) is 11.1 Å². The third kappa shape index (κ3) is 2.37. The van der Waals surface area contributed by atoms with Crippen molar-refractivity contribution in [1.29, 1.82) is 0 Å². The van der Waals surface area contributed by atoms with Crippen molar-refractivity contribution in [3.8, 4) is 17.2 Å². The van der Waals surface area contributed by atoms with E-state index >= 15 is 0 Å². The van der Waals surface area contributed by atoms with E-state index in [-0.39, 0.29) is 5.43 Å². The topological polar surface area (TPSA) is 60.6 Å². The van der Waals surface area contributed by atoms with E-state index in [0.29, 0.717) is 39.5 Å². The number of ether oxygens (including phenoxy) is 3. The zero-order valence-electron chi connectivity index (χ0n) is 14.5. The van der Waals surface area contributed by atoms with Gasteiger partial charge in [-0.25, -0.2) is 0 Å². The van der Waals surface area contributed by atoms with Crippen LogP contribution in [0.4, 0.5) is 0 Å². The van der Waals surface area contributed by atoms with Gasteiger partial charge in [0.2, 0.25) is 5.75 Å². The smallest absolute Gasteiger partial charge is 0.205 e. The van der Waals surface area contributed by atoms with Crippen LogP contribution in [0.3, 0.4) is 0 Å². The lowest BCUT2D eigenvalue weighted by atomic mass is 10.0. The van der Waals surface area contributed by atoms with E-state index in [1.54, 1.807) is 20.3 Å². The summed E-state index contributed by atoms with van der Waals surface area (Å²) < 4.78 is 16.3. The molecule has 3 aromatic rings. The predicted molar refractivity (Wildman–Crippen MR) is 95.8 cm³/mol. The van der Waals surface area contributed by atoms with Gasteiger partial charge in [0.1, 0.15) is 0 Å². The molecule has 126 valence electrons. The normalized spacial score (nSPS) is 11.2. The Morgan fingerprint density at radius 1 is 0.917 bits per heavy atom. The van der Waals surface area contributed by atoms with Crippen LogP contribution >= 0.6 is 0 Å². The molecule has 3 rings (SSSR count). The summed E-state index contributed by atoms with van der Waals surface area (Å²) in [7, 11) is 4.62. The highest BCUT2D eigenvalue weighted by Gasteiger charge is 2.19. The van der Waals surface area contributed by atoms with Crippen LogP contribution in [0.2, 0.25) is 0 Å². The van der Waals surface area contributed by atoms with Gasteiger partial charge in [-0.05, 0) is 29.7 Å². The van der Waals surface area contributed by atoms with Crippen LogP contribution < -0.4 is 19.6 Å². The van der Waals surface area contributed by atoms with E-state index in [9.17, 15) is 4.79 Å². The van der Waals surface area contributed by atoms with Gasteiger partial charge in [0.05, 0.1) is 37.7 Å². The van der Waals surface area contributed by atoms with Gasteiger partial charge in [0.25, 0.3) is 0 Å². The minimum Gasteiger partial charge on any atom is -0.493 e. The van der Waals surface area contributed by atoms with Crippen LogP contribution in [0.5, 0.6) is 17.2 Å². The van der Waals surface area contributed by atoms with Crippen LogP contribution in [0.15, 0.2) is 29.1 Å². The van der Waals surface area contributed by atoms with Gasteiger partial charge in [-0.2, -0.15) is 0 Å². The van der Waals surface area contributed by atoms with Gasteiger partial charge in [0, 0.05) is 5.39 Å². The number of pyridine rings is 1. The first-order valence-electron chi connectivity index (χ1n) is 7.80. The fourth-order valence-corrected chi connectivity index (χ4v) is 2.96. The largest absolute Gasteiger partial charge is 0.493 e. The molecule has 5 nitrogen and oxygen atoms in total. The molecular formula is C19H21NO4. The SMILES string of the molecule is COc1cc2c(=O)c3ccc(C(C)C)cc3[nH]c2c(OC)c1OC. The van der Waals surface area contributed by atoms with Crippen LogP contribution in [0, 0.1) is 0 Å². The van der Waals surface area contributed by atoms with Gasteiger partial charge in [0.15, 0.2) is 16.9 Å². The maximum absolute atomic E-state index is 12.9. The van der Waals surface area contributed by atoms with Crippen molar-refractivity contribution in [3.05, 3.63) is 40.1 Å². The molecule has 2 aromatic carbocycles. The quantitative estimate of drug-likeness (QED) is 0.740. The van der Waals surface area contributed by atoms with Crippen LogP contribution in [0.25, 0.3) is 21.8 Å². The van der Waals surface area contributed by atoms with Gasteiger partial charge >= 0.3 is 0 Å². The Balaban J connectivity index is 2.48. The molecule has 0 aliphatic carbocycles. The fraction of sp³-hybridized carbons (Fsp3) is 0.316. The van der Waals surface area contributed by atoms with E-state index in [1.165, 1.54) is 7.11 Å². The Hall–Kier alpha value is -2.69. The van der Waals surface area contributed by atoms with Crippen molar-refractivity contribution in [1.82, 2.24) is 4.98 Å². The van der Waals surface area contributed by atoms with E-state index in [4.69, 9.17) is 14.2 Å². The lowest BCUT2D eigenvalue weighted by Crippen LogP contribution is -2.07. The van der Waals surface area contributed by atoms with Crippen LogP contribution in [0.1, 0.15) is 25.3 Å². The molecule has 0 bridgehead atoms. The second-order valence-electron chi connectivity index (χ2n) is 5.98. The monoisotopic (exact) mass is 327 g/mol. The molecular weight excluding hydrogens is 306 g/mol. The van der Waals surface area contributed by atoms with Gasteiger partial charge in [-0.15, -0.1) is 0 Å². The lowest BCUT2D eigenvalue weighted by Gasteiger charge is -2.15. The molecule has 0 saturated carbocycles. The predicted octanol–water partition coefficient (Wildman–Crippen LogP) is 3.83. The molecule has 24 heavy (non-hydrogen) atoms. The van der Waals surface area contributed by atoms with E-state index in [2.05, 4.69) is 18.8 Å². The molecule has 0 aliphatic rings. The van der Waals surface area contributed by atoms with Gasteiger partial charge in [-0.3, -0.25) is 4.79 Å². The van der Waals surface area contributed by atoms with Crippen LogP contribution in [-0.2, 0) is 0 Å². The first-order chi connectivity index (χ1) is 11.5. The minimum absolute atomic E-state index is 0.0618. The lowest BCUT2D eigenvalue weighted by molar-refractivity contribution is 0.327. The molecule has 0 fully saturated rings. The molecule has 0 amide bonds. The summed E-state index contributed by atoms with van der Waals surface area (Å²) in [4.78, 5) is 16.3. The van der Waals surface area contributed by atoms with Crippen molar-refractivity contribution in [3.63, 3.8) is 0 Å². The van der Waals surface area contributed by atoms with Crippen molar-refractivity contribution in [2.24, 2.45) is 0 Å². The molecule has 0 unspecified atom stereocenters. The minimum atomic E-state index is -0.0618. The Kier molecular flexibility index (Phi) is 4.09. The highest BCUT2D eigenvalue weighted by atomic mass is 16.5. The third-order valence-corrected chi connectivity index (χ3v) is 4.29. The van der Waals surface area contributed by atoms with Gasteiger partial charge < -0.3 is 19.2 Å². The summed E-state index contributed by atoms with van der Waals surface area (Å²) in [5, 5.41) is 1.15. The fourth-order valence-electron chi connectivity index (χ4n) is 2.96. The zero-order chi connectivity index (χ0) is 17.4. The number of rotatable bonds is 4. The molecule has 1 aromatic heterocycles. The molecule has 1 heterocycles. The molecule has 0 saturated heterocycles. The standard InChI is InChI=1S/C19H21NO4/c1-10(2)11-6-7-12-14(8-11)20-16-13(17(12)21)9-15(22-3)18(23-4)19(16)24-5/h6-10H,1-5H3,(H,20,21). The Morgan fingerprint density at radius 3 is 2.21 bits per heavy atom. The first-order valence-corrected chi connectivity index (χ1v) is 7.80. The zero-order valence-corrected chi connectivity index (χ0v) is 14.5. The maximum atomic E-state index is 12.9. The Bertz CT molecular complexity index is 973. The summed E-state index contributed by atoms with van der Waals surface area (Å²) in [5.41, 5.74) is 2.49. The second kappa shape index (κ2) is 6.07. The number of aromatic amines is 1. The summed E-state index contributed by atoms with van der Waals surface area (Å²) >= 11 is 0. The highest BCUT2D eigenvalue weighted by molar-refractivity contribution is 5.98. The highest BCUT2D eigenvalue weighted by Crippen LogP contribution is 2.42. The van der Waals surface area contributed by atoms with E-state index in [1.807, 2.05) is 18.2 Å². The first kappa shape index (κ1) is 16.2. The van der Waals surface area contributed by atoms with Crippen LogP contribution in [-0.4, -0.2) is 26.3 Å². The van der Waals surface area contributed by atoms with Crippen molar-refractivity contribution in [2.45, 2.75) is 19.8 Å². The number of hydrogen-bond donors (Lipinski definition) is 1. The maximum Gasteiger partial charge on any atom is 0.205 e. The summed E-state index contributed by atoms with van der Waals surface area (Å²) in [6.45, 7) is 4.24. The van der Waals surface area contributed by atoms with Crippen molar-refractivity contribution in [2.75, 3.05) is 21.3 Å². The summed E-state index contributed by atoms with van der Waals surface area (Å²) in [6.07, 6.45) is 0. The number of benzene rings is 2. The Labute approximate surface area is 140 Å². The average Bonchev–Trinajstić information content (AvgIpc) is 2.59. The van der Waals surface area contributed by atoms with E-state index < -0.39 is 0 Å². The molecule has 0 atom stereocenters. The number of methoxy groups -OCH3 is 3. The average molecular weight is 327 g/mol. The third-order valence-electron chi connectivity index (χ3n) is 4.29. The Morgan fingerprint density at radius 2 is 1.62 bits per heavy atom. The van der Waals surface area contributed by atoms with Crippen molar-refractivity contribution < 1.29 is 14.2 Å².